The molecule has 1 heteroatoms. The lowest BCUT2D eigenvalue weighted by Crippen LogP contribution is -2.32. The van der Waals surface area contributed by atoms with E-state index in [1.54, 1.807) is 5.57 Å². The Morgan fingerprint density at radius 1 is 0.833 bits per heavy atom. The zero-order chi connectivity index (χ0) is 16.7. The number of hydrogen-bond donors (Lipinski definition) is 0. The number of anilines is 2. The lowest BCUT2D eigenvalue weighted by Gasteiger charge is -2.43. The molecule has 1 aliphatic heterocycles. The van der Waals surface area contributed by atoms with E-state index in [4.69, 9.17) is 0 Å². The predicted molar refractivity (Wildman–Crippen MR) is 103 cm³/mol. The number of para-hydroxylation sites is 2. The molecule has 0 fully saturated rings. The van der Waals surface area contributed by atoms with E-state index >= 15 is 0 Å². The second-order valence-electron chi connectivity index (χ2n) is 7.33. The third kappa shape index (κ3) is 2.23. The van der Waals surface area contributed by atoms with Gasteiger partial charge in [0, 0.05) is 22.5 Å². The Labute approximate surface area is 145 Å². The van der Waals surface area contributed by atoms with E-state index in [0.29, 0.717) is 0 Å². The molecular formula is C23H25N. The number of rotatable bonds is 2. The van der Waals surface area contributed by atoms with Crippen molar-refractivity contribution in [1.29, 1.82) is 0 Å². The molecular weight excluding hydrogens is 290 g/mol. The van der Waals surface area contributed by atoms with Crippen LogP contribution in [-0.4, -0.2) is 0 Å². The van der Waals surface area contributed by atoms with Crippen molar-refractivity contribution >= 4 is 11.4 Å². The standard InChI is InChI=1S/C23H25N/c1-4-17-13-15-18(16-14-17)24-21-11-7-5-9-19(21)23(2,3)20-10-6-8-12-22(20)24/h5-13,15H,4,14,16H2,1-3H3. The van der Waals surface area contributed by atoms with Crippen LogP contribution in [0, 0.1) is 0 Å². The summed E-state index contributed by atoms with van der Waals surface area (Å²) in [5.41, 5.74) is 8.48. The molecule has 0 saturated carbocycles. The van der Waals surface area contributed by atoms with E-state index in [1.165, 1.54) is 34.6 Å². The summed E-state index contributed by atoms with van der Waals surface area (Å²) in [5.74, 6) is 0. The van der Waals surface area contributed by atoms with Crippen molar-refractivity contribution in [3.05, 3.63) is 83.1 Å². The van der Waals surface area contributed by atoms with Crippen LogP contribution >= 0.6 is 0 Å². The molecule has 0 amide bonds. The minimum absolute atomic E-state index is 0.0311. The third-order valence-corrected chi connectivity index (χ3v) is 5.59. The van der Waals surface area contributed by atoms with Gasteiger partial charge in [-0.3, -0.25) is 0 Å². The summed E-state index contributed by atoms with van der Waals surface area (Å²) in [4.78, 5) is 2.48. The molecule has 2 aromatic rings. The highest BCUT2D eigenvalue weighted by Crippen LogP contribution is 2.50. The Morgan fingerprint density at radius 2 is 1.42 bits per heavy atom. The topological polar surface area (TPSA) is 3.24 Å². The van der Waals surface area contributed by atoms with E-state index < -0.39 is 0 Å². The normalized spacial score (nSPS) is 18.4. The van der Waals surface area contributed by atoms with Gasteiger partial charge in [0.1, 0.15) is 0 Å². The number of fused-ring (bicyclic) bond motifs is 2. The Morgan fingerprint density at radius 3 is 1.92 bits per heavy atom. The quantitative estimate of drug-likeness (QED) is 0.613. The average molecular weight is 315 g/mol. The summed E-state index contributed by atoms with van der Waals surface area (Å²) in [7, 11) is 0. The first-order chi connectivity index (χ1) is 11.6. The maximum Gasteiger partial charge on any atom is 0.0499 e. The van der Waals surface area contributed by atoms with Crippen LogP contribution in [0.2, 0.25) is 0 Å². The van der Waals surface area contributed by atoms with Crippen molar-refractivity contribution in [2.75, 3.05) is 4.90 Å². The Balaban J connectivity index is 1.93. The molecule has 2 aliphatic rings. The largest absolute Gasteiger partial charge is 0.314 e. The lowest BCUT2D eigenvalue weighted by atomic mass is 9.73. The Bertz CT molecular complexity index is 789. The van der Waals surface area contributed by atoms with E-state index in [-0.39, 0.29) is 5.41 Å². The van der Waals surface area contributed by atoms with Crippen molar-refractivity contribution in [2.45, 2.75) is 45.4 Å². The molecule has 1 aliphatic carbocycles. The van der Waals surface area contributed by atoms with Gasteiger partial charge in [-0.25, -0.2) is 0 Å². The van der Waals surface area contributed by atoms with Crippen molar-refractivity contribution in [2.24, 2.45) is 0 Å². The molecule has 1 nitrogen and oxygen atoms in total. The zero-order valence-electron chi connectivity index (χ0n) is 14.8. The van der Waals surface area contributed by atoms with E-state index in [0.717, 1.165) is 12.8 Å². The van der Waals surface area contributed by atoms with Crippen molar-refractivity contribution < 1.29 is 0 Å². The molecule has 122 valence electrons. The molecule has 0 radical (unpaired) electrons. The Kier molecular flexibility index (Phi) is 3.60. The van der Waals surface area contributed by atoms with Gasteiger partial charge in [-0.05, 0) is 48.6 Å². The molecule has 0 unspecified atom stereocenters. The van der Waals surface area contributed by atoms with Crippen LogP contribution in [-0.2, 0) is 5.41 Å². The number of nitrogens with zero attached hydrogens (tertiary/aromatic N) is 1. The molecule has 0 spiro atoms. The summed E-state index contributed by atoms with van der Waals surface area (Å²) in [6.45, 7) is 6.93. The molecule has 4 rings (SSSR count). The van der Waals surface area contributed by atoms with E-state index in [2.05, 4.69) is 86.4 Å². The summed E-state index contributed by atoms with van der Waals surface area (Å²) >= 11 is 0. The average Bonchev–Trinajstić information content (AvgIpc) is 2.63. The maximum atomic E-state index is 2.48. The van der Waals surface area contributed by atoms with Gasteiger partial charge in [0.15, 0.2) is 0 Å². The fourth-order valence-corrected chi connectivity index (χ4v) is 4.13. The second-order valence-corrected chi connectivity index (χ2v) is 7.33. The minimum Gasteiger partial charge on any atom is -0.314 e. The van der Waals surface area contributed by atoms with Crippen LogP contribution < -0.4 is 4.90 Å². The van der Waals surface area contributed by atoms with Gasteiger partial charge in [0.2, 0.25) is 0 Å². The first-order valence-corrected chi connectivity index (χ1v) is 9.00. The highest BCUT2D eigenvalue weighted by Gasteiger charge is 2.36. The van der Waals surface area contributed by atoms with Crippen LogP contribution in [0.4, 0.5) is 11.4 Å². The third-order valence-electron chi connectivity index (χ3n) is 5.59. The molecule has 2 aromatic carbocycles. The van der Waals surface area contributed by atoms with Gasteiger partial charge < -0.3 is 4.90 Å². The van der Waals surface area contributed by atoms with Gasteiger partial charge in [-0.1, -0.05) is 68.8 Å². The highest BCUT2D eigenvalue weighted by molar-refractivity contribution is 5.81. The molecule has 0 aromatic heterocycles. The Hall–Kier alpha value is -2.28. The number of allylic oxidation sites excluding steroid dienone is 4. The van der Waals surface area contributed by atoms with Gasteiger partial charge >= 0.3 is 0 Å². The van der Waals surface area contributed by atoms with Crippen LogP contribution in [0.5, 0.6) is 0 Å². The predicted octanol–water partition coefficient (Wildman–Crippen LogP) is 6.48. The van der Waals surface area contributed by atoms with Crippen LogP contribution in [0.15, 0.2) is 72.0 Å². The number of benzene rings is 2. The number of hydrogen-bond acceptors (Lipinski definition) is 1. The first kappa shape index (κ1) is 15.3. The fraction of sp³-hybridized carbons (Fsp3) is 0.304. The van der Waals surface area contributed by atoms with Gasteiger partial charge in [0.05, 0.1) is 0 Å². The summed E-state index contributed by atoms with van der Waals surface area (Å²) in [5, 5.41) is 0. The first-order valence-electron chi connectivity index (χ1n) is 9.00. The van der Waals surface area contributed by atoms with Gasteiger partial charge in [-0.15, -0.1) is 0 Å². The molecule has 0 N–H and O–H groups in total. The monoisotopic (exact) mass is 315 g/mol. The maximum absolute atomic E-state index is 2.48. The highest BCUT2D eigenvalue weighted by atomic mass is 15.2. The summed E-state index contributed by atoms with van der Waals surface area (Å²) in [6.07, 6.45) is 8.09. The van der Waals surface area contributed by atoms with Crippen LogP contribution in [0.1, 0.15) is 51.2 Å². The minimum atomic E-state index is 0.0311. The smallest absolute Gasteiger partial charge is 0.0499 e. The van der Waals surface area contributed by atoms with Crippen molar-refractivity contribution in [1.82, 2.24) is 0 Å². The molecule has 1 heterocycles. The molecule has 0 saturated heterocycles. The van der Waals surface area contributed by atoms with E-state index in [9.17, 15) is 0 Å². The molecule has 0 bridgehead atoms. The van der Waals surface area contributed by atoms with Gasteiger partial charge in [0.25, 0.3) is 0 Å². The second kappa shape index (κ2) is 5.66. The SMILES string of the molecule is CCC1=CC=C(N2c3ccccc3C(C)(C)c3ccccc32)CC1. The van der Waals surface area contributed by atoms with E-state index in [1.807, 2.05) is 0 Å². The molecule has 0 atom stereocenters. The van der Waals surface area contributed by atoms with Gasteiger partial charge in [-0.2, -0.15) is 0 Å². The molecule has 24 heavy (non-hydrogen) atoms. The zero-order valence-corrected chi connectivity index (χ0v) is 14.8. The van der Waals surface area contributed by atoms with Crippen molar-refractivity contribution in [3.8, 4) is 0 Å². The summed E-state index contributed by atoms with van der Waals surface area (Å²) in [6, 6.07) is 17.8. The van der Waals surface area contributed by atoms with Crippen LogP contribution in [0.25, 0.3) is 0 Å². The van der Waals surface area contributed by atoms with Crippen LogP contribution in [0.3, 0.4) is 0 Å². The van der Waals surface area contributed by atoms with Crippen molar-refractivity contribution in [3.63, 3.8) is 0 Å². The fourth-order valence-electron chi connectivity index (χ4n) is 4.13. The lowest BCUT2D eigenvalue weighted by molar-refractivity contribution is 0.627. The summed E-state index contributed by atoms with van der Waals surface area (Å²) < 4.78 is 0.